The third kappa shape index (κ3) is 10.1. The number of nitrogens with zero attached hydrogens (tertiary/aromatic N) is 4. The van der Waals surface area contributed by atoms with E-state index in [2.05, 4.69) is 29.9 Å². The second kappa shape index (κ2) is 24.6. The summed E-state index contributed by atoms with van der Waals surface area (Å²) in [6.45, 7) is 0. The van der Waals surface area contributed by atoms with Crippen LogP contribution in [0, 0.1) is 175 Å². The van der Waals surface area contributed by atoms with Gasteiger partial charge in [0.15, 0.2) is 140 Å². The highest BCUT2D eigenvalue weighted by Gasteiger charge is 2.41. The standard InChI is InChI=1S/C66H16F30N6/c67-37-31(38(68)50(80)61(91)49(37)79)25-13-9-23(97-11-13)29(35-45(75)57(87)65(95)58(88)46(35)76)21-7-5-19(101-21)28(34-43(73)55(85)64(94)56(86)44(34)74)20-6-8-22(102-20)30(36-47(77)59(89)66(96)60(90)48(36)78)24-10-14(12-98-24)26(32-39(69)51(81)62(92)52(82)40(32)70)16-2-4-18(100-16)27(17-3-1-15(25)99-17)33-41(71)53(83)63(93)54(84)42(33)72/h1-8,11-12,99,102H,9-10H2. The van der Waals surface area contributed by atoms with E-state index in [1.807, 2.05) is 0 Å². The zero-order valence-electron chi connectivity index (χ0n) is 48.3. The van der Waals surface area contributed by atoms with Crippen LogP contribution in [-0.4, -0.2) is 32.8 Å². The maximum absolute atomic E-state index is 16.5. The topological polar surface area (TPSA) is 81.0 Å². The molecule has 0 radical (unpaired) electrons. The van der Waals surface area contributed by atoms with Crippen LogP contribution in [-0.2, 0) is 0 Å². The summed E-state index contributed by atoms with van der Waals surface area (Å²) in [7, 11) is 0. The number of aromatic nitrogens is 2. The first-order chi connectivity index (χ1) is 48.1. The van der Waals surface area contributed by atoms with Crippen LogP contribution in [0.4, 0.5) is 132 Å². The van der Waals surface area contributed by atoms with Crippen molar-refractivity contribution in [1.82, 2.24) is 9.97 Å². The Morgan fingerprint density at radius 2 is 0.422 bits per heavy atom. The van der Waals surface area contributed by atoms with Crippen molar-refractivity contribution in [2.45, 2.75) is 12.8 Å². The largest absolute Gasteiger partial charge is 0.354 e. The van der Waals surface area contributed by atoms with Crippen molar-refractivity contribution >= 4 is 56.3 Å². The molecule has 0 unspecified atom stereocenters. The van der Waals surface area contributed by atoms with E-state index in [0.29, 0.717) is 48.6 Å². The number of allylic oxidation sites excluding steroid dienone is 8. The van der Waals surface area contributed by atoms with Crippen molar-refractivity contribution in [3.05, 3.63) is 313 Å². The van der Waals surface area contributed by atoms with Gasteiger partial charge >= 0.3 is 0 Å². The molecule has 5 aliphatic rings. The molecule has 6 nitrogen and oxygen atoms in total. The maximum Gasteiger partial charge on any atom is 0.200 e. The monoisotopic (exact) mass is 1460 g/mol. The summed E-state index contributed by atoms with van der Waals surface area (Å²) in [5, 5.41) is -4.95. The molecule has 0 atom stereocenters. The molecule has 0 saturated heterocycles. The SMILES string of the molecule is Fc1c(F)c(F)c(C2=C3C=CC(=N3)C(c3c(F)c(F)c(F)c(F)c3F)=c3ccc([nH]3)=C(c3c(F)c(F)c(F)c(F)c3F)C3=CN=C(C3)C(c3c(F)c(F)c(F)c(F)c3F)=C3C=CC(=N3)C(c3c(F)c(F)c(F)c(F)c3F)=c3ccc([nH]3)=C(c3c(F)c(F)c(F)c(F)c3F)C3=NC=C2C3)c(F)c1F. The van der Waals surface area contributed by atoms with Gasteiger partial charge in [0, 0.05) is 80.1 Å². The summed E-state index contributed by atoms with van der Waals surface area (Å²) < 4.78 is 473. The van der Waals surface area contributed by atoms with Crippen molar-refractivity contribution in [3.63, 3.8) is 0 Å². The van der Waals surface area contributed by atoms with Gasteiger partial charge in [-0.3, -0.25) is 9.98 Å². The van der Waals surface area contributed by atoms with E-state index in [-0.39, 0.29) is 12.4 Å². The number of benzene rings is 6. The Morgan fingerprint density at radius 1 is 0.216 bits per heavy atom. The number of fused-ring (bicyclic) bond motifs is 10. The minimum absolute atomic E-state index is 0.268. The molecule has 6 aromatic carbocycles. The van der Waals surface area contributed by atoms with E-state index >= 15 is 105 Å². The van der Waals surface area contributed by atoms with Crippen LogP contribution in [0.3, 0.4) is 0 Å². The van der Waals surface area contributed by atoms with Crippen molar-refractivity contribution in [3.8, 4) is 0 Å². The molecule has 102 heavy (non-hydrogen) atoms. The van der Waals surface area contributed by atoms with E-state index in [0.717, 1.165) is 0 Å². The highest BCUT2D eigenvalue weighted by atomic mass is 19.2. The minimum atomic E-state index is -2.91. The lowest BCUT2D eigenvalue weighted by molar-refractivity contribution is 0.376. The number of hydrogen-bond donors (Lipinski definition) is 2. The second-order valence-corrected chi connectivity index (χ2v) is 21.7. The molecule has 13 rings (SSSR count). The molecule has 0 spiro atoms. The van der Waals surface area contributed by atoms with Gasteiger partial charge in [0.05, 0.1) is 67.6 Å². The fourth-order valence-corrected chi connectivity index (χ4v) is 11.6. The molecule has 12 bridgehead atoms. The van der Waals surface area contributed by atoms with Gasteiger partial charge in [0.25, 0.3) is 0 Å². The Labute approximate surface area is 542 Å². The average Bonchev–Trinajstić information content (AvgIpc) is 1.59. The molecule has 0 amide bonds. The van der Waals surface area contributed by atoms with Crippen LogP contribution in [0.5, 0.6) is 0 Å². The molecular weight excluding hydrogens is 1450 g/mol. The lowest BCUT2D eigenvalue weighted by atomic mass is 9.89. The van der Waals surface area contributed by atoms with E-state index < -0.39 is 321 Å². The van der Waals surface area contributed by atoms with Gasteiger partial charge in [0.1, 0.15) is 0 Å². The number of halogens is 30. The Balaban J connectivity index is 1.23. The number of aliphatic imine (C=N–C) groups is 4. The molecule has 0 fully saturated rings. The Bertz CT molecular complexity index is 5400. The Morgan fingerprint density at radius 3 is 0.725 bits per heavy atom. The van der Waals surface area contributed by atoms with Gasteiger partial charge in [-0.05, 0) is 59.7 Å². The van der Waals surface area contributed by atoms with Crippen molar-refractivity contribution in [2.75, 3.05) is 0 Å². The van der Waals surface area contributed by atoms with Crippen LogP contribution in [0.1, 0.15) is 46.2 Å². The fraction of sp³-hybridized carbons (Fsp3) is 0.0303. The lowest BCUT2D eigenvalue weighted by Crippen LogP contribution is -2.24. The minimum Gasteiger partial charge on any atom is -0.354 e. The van der Waals surface area contributed by atoms with Crippen LogP contribution < -0.4 is 21.4 Å². The van der Waals surface area contributed by atoms with Gasteiger partial charge in [-0.1, -0.05) is 0 Å². The Hall–Kier alpha value is -11.6. The smallest absolute Gasteiger partial charge is 0.200 e. The summed E-state index contributed by atoms with van der Waals surface area (Å²) in [6, 6.07) is 1.66. The Kier molecular flexibility index (Phi) is 16.6. The summed E-state index contributed by atoms with van der Waals surface area (Å²) >= 11 is 0. The summed E-state index contributed by atoms with van der Waals surface area (Å²) in [4.78, 5) is 19.7. The molecular formula is C66H16F30N6. The highest BCUT2D eigenvalue weighted by molar-refractivity contribution is 6.34. The predicted octanol–water partition coefficient (Wildman–Crippen LogP) is 15.3. The first-order valence-corrected chi connectivity index (χ1v) is 27.7. The number of hydrogen-bond acceptors (Lipinski definition) is 4. The highest BCUT2D eigenvalue weighted by Crippen LogP contribution is 2.45. The van der Waals surface area contributed by atoms with Gasteiger partial charge in [0.2, 0.25) is 34.9 Å². The van der Waals surface area contributed by atoms with Gasteiger partial charge in [-0.15, -0.1) is 0 Å². The molecule has 2 N–H and O–H groups in total. The van der Waals surface area contributed by atoms with Crippen LogP contribution in [0.15, 0.2) is 103 Å². The van der Waals surface area contributed by atoms with Gasteiger partial charge in [-0.2, -0.15) is 0 Å². The van der Waals surface area contributed by atoms with E-state index in [1.54, 1.807) is 0 Å². The summed E-state index contributed by atoms with van der Waals surface area (Å²) in [6.07, 6.45) is -1.05. The molecule has 7 heterocycles. The zero-order chi connectivity index (χ0) is 73.9. The second-order valence-electron chi connectivity index (χ2n) is 21.7. The van der Waals surface area contributed by atoms with Gasteiger partial charge < -0.3 is 9.97 Å². The fourth-order valence-electron chi connectivity index (χ4n) is 11.6. The quantitative estimate of drug-likeness (QED) is 0.0945. The first kappa shape index (κ1) is 68.9. The van der Waals surface area contributed by atoms with Crippen LogP contribution >= 0.6 is 0 Å². The molecule has 5 aliphatic heterocycles. The molecule has 2 aromatic heterocycles. The van der Waals surface area contributed by atoms with E-state index in [9.17, 15) is 26.3 Å². The van der Waals surface area contributed by atoms with Crippen LogP contribution in [0.25, 0.3) is 33.4 Å². The molecule has 0 aliphatic carbocycles. The van der Waals surface area contributed by atoms with E-state index in [1.165, 1.54) is 0 Å². The van der Waals surface area contributed by atoms with Crippen LogP contribution in [0.2, 0.25) is 0 Å². The van der Waals surface area contributed by atoms with Gasteiger partial charge in [-0.25, -0.2) is 142 Å². The third-order valence-electron chi connectivity index (χ3n) is 16.2. The summed E-state index contributed by atoms with van der Waals surface area (Å²) in [5.41, 5.74) is -32.3. The number of nitrogens with one attached hydrogen (secondary N) is 2. The van der Waals surface area contributed by atoms with Crippen molar-refractivity contribution < 1.29 is 132 Å². The zero-order valence-corrected chi connectivity index (χ0v) is 48.3. The average molecular weight is 1460 g/mol. The molecule has 520 valence electrons. The van der Waals surface area contributed by atoms with Crippen molar-refractivity contribution in [2.24, 2.45) is 20.0 Å². The number of H-pyrrole nitrogens is 2. The molecule has 0 saturated carbocycles. The normalized spacial score (nSPS) is 15.4. The predicted molar refractivity (Wildman–Crippen MR) is 295 cm³/mol. The number of aromatic amines is 2. The third-order valence-corrected chi connectivity index (χ3v) is 16.2. The maximum atomic E-state index is 16.5. The lowest BCUT2D eigenvalue weighted by Gasteiger charge is -2.17. The first-order valence-electron chi connectivity index (χ1n) is 27.7. The van der Waals surface area contributed by atoms with E-state index in [4.69, 9.17) is 0 Å². The molecule has 8 aromatic rings. The number of rotatable bonds is 6. The molecule has 36 heteroatoms. The van der Waals surface area contributed by atoms with Crippen molar-refractivity contribution in [1.29, 1.82) is 0 Å². The summed E-state index contributed by atoms with van der Waals surface area (Å²) in [5.74, 6) is -85.6.